The van der Waals surface area contributed by atoms with E-state index >= 15 is 0 Å². The lowest BCUT2D eigenvalue weighted by Crippen LogP contribution is -2.42. The summed E-state index contributed by atoms with van der Waals surface area (Å²) in [5.41, 5.74) is 1.92. The van der Waals surface area contributed by atoms with E-state index in [-0.39, 0.29) is 0 Å². The lowest BCUT2D eigenvalue weighted by atomic mass is 10.0. The lowest BCUT2D eigenvalue weighted by Gasteiger charge is -2.36. The highest BCUT2D eigenvalue weighted by Gasteiger charge is 2.22. The van der Waals surface area contributed by atoms with Gasteiger partial charge in [0.25, 0.3) is 0 Å². The first-order valence-electron chi connectivity index (χ1n) is 6.88. The van der Waals surface area contributed by atoms with Gasteiger partial charge in [0.2, 0.25) is 0 Å². The molecule has 0 amide bonds. The van der Waals surface area contributed by atoms with E-state index in [1.165, 1.54) is 12.8 Å². The van der Waals surface area contributed by atoms with Crippen LogP contribution in [0.5, 0.6) is 0 Å². The maximum Gasteiger partial charge on any atom is 0.0762 e. The molecular weight excluding hydrogens is 260 g/mol. The van der Waals surface area contributed by atoms with Crippen LogP contribution >= 0.6 is 11.6 Å². The van der Waals surface area contributed by atoms with Gasteiger partial charge in [0.1, 0.15) is 0 Å². The van der Waals surface area contributed by atoms with E-state index < -0.39 is 6.10 Å². The van der Waals surface area contributed by atoms with Crippen molar-refractivity contribution in [1.29, 1.82) is 0 Å². The largest absolute Gasteiger partial charge is 0.389 e. The number of hydrogen-bond donors (Lipinski definition) is 1. The van der Waals surface area contributed by atoms with Gasteiger partial charge in [-0.15, -0.1) is 0 Å². The molecule has 1 N–H and O–H groups in total. The number of nitrogens with zero attached hydrogens (tertiary/aromatic N) is 2. The van der Waals surface area contributed by atoms with E-state index in [1.54, 1.807) is 6.92 Å². The minimum Gasteiger partial charge on any atom is -0.389 e. The fourth-order valence-electron chi connectivity index (χ4n) is 2.65. The summed E-state index contributed by atoms with van der Waals surface area (Å²) in [4.78, 5) is 4.64. The van der Waals surface area contributed by atoms with Crippen LogP contribution in [-0.4, -0.2) is 43.2 Å². The Hall–Kier alpha value is -0.770. The Kier molecular flexibility index (Phi) is 4.71. The summed E-state index contributed by atoms with van der Waals surface area (Å²) < 4.78 is 0. The van der Waals surface area contributed by atoms with Crippen molar-refractivity contribution in [3.8, 4) is 0 Å². The molecule has 1 aliphatic rings. The molecule has 1 aromatic carbocycles. The lowest BCUT2D eigenvalue weighted by molar-refractivity contribution is 0.199. The van der Waals surface area contributed by atoms with E-state index in [0.29, 0.717) is 6.04 Å². The maximum atomic E-state index is 9.58. The van der Waals surface area contributed by atoms with Gasteiger partial charge in [0, 0.05) is 13.1 Å². The predicted octanol–water partition coefficient (Wildman–Crippen LogP) is 2.92. The number of anilines is 1. The zero-order valence-corrected chi connectivity index (χ0v) is 12.7. The number of rotatable bonds is 3. The van der Waals surface area contributed by atoms with Gasteiger partial charge in [-0.2, -0.15) is 0 Å². The van der Waals surface area contributed by atoms with Crippen LogP contribution in [0.2, 0.25) is 5.02 Å². The fourth-order valence-corrected chi connectivity index (χ4v) is 2.97. The molecular formula is C15H23ClN2O. The summed E-state index contributed by atoms with van der Waals surface area (Å²) in [6.07, 6.45) is 1.86. The molecule has 0 saturated carbocycles. The van der Waals surface area contributed by atoms with Crippen LogP contribution in [0.25, 0.3) is 0 Å². The molecule has 106 valence electrons. The zero-order chi connectivity index (χ0) is 14.0. The van der Waals surface area contributed by atoms with E-state index in [4.69, 9.17) is 11.6 Å². The molecule has 0 aromatic heterocycles. The van der Waals surface area contributed by atoms with Crippen LogP contribution in [-0.2, 0) is 0 Å². The van der Waals surface area contributed by atoms with Crippen molar-refractivity contribution in [3.05, 3.63) is 28.8 Å². The molecule has 1 saturated heterocycles. The first-order valence-corrected chi connectivity index (χ1v) is 7.25. The number of halogens is 1. The first-order chi connectivity index (χ1) is 8.99. The third-order valence-corrected chi connectivity index (χ3v) is 4.37. The number of aliphatic hydroxyl groups excluding tert-OH is 1. The Balaban J connectivity index is 2.12. The fraction of sp³-hybridized carbons (Fsp3) is 0.600. The minimum atomic E-state index is -0.472. The van der Waals surface area contributed by atoms with Crippen LogP contribution < -0.4 is 4.90 Å². The highest BCUT2D eigenvalue weighted by atomic mass is 35.5. The normalized spacial score (nSPS) is 19.4. The van der Waals surface area contributed by atoms with E-state index in [0.717, 1.165) is 29.4 Å². The van der Waals surface area contributed by atoms with Gasteiger partial charge in [0.15, 0.2) is 0 Å². The quantitative estimate of drug-likeness (QED) is 0.923. The standard InChI is InChI=1S/C15H23ClN2O/c1-11(19)12-4-5-15(14(16)10-12)18(3)13-6-8-17(2)9-7-13/h4-5,10-11,13,19H,6-9H2,1-3H3/t11-/m1/s1. The van der Waals surface area contributed by atoms with Gasteiger partial charge in [-0.05, 0) is 57.6 Å². The Morgan fingerprint density at radius 3 is 2.53 bits per heavy atom. The number of aliphatic hydroxyl groups is 1. The molecule has 1 fully saturated rings. The van der Waals surface area contributed by atoms with Crippen molar-refractivity contribution in [2.24, 2.45) is 0 Å². The Labute approximate surface area is 120 Å². The summed E-state index contributed by atoms with van der Waals surface area (Å²) >= 11 is 6.35. The second-order valence-electron chi connectivity index (χ2n) is 5.53. The molecule has 0 bridgehead atoms. The summed E-state index contributed by atoms with van der Waals surface area (Å²) in [5.74, 6) is 0. The van der Waals surface area contributed by atoms with E-state index in [2.05, 4.69) is 23.9 Å². The zero-order valence-electron chi connectivity index (χ0n) is 11.9. The number of benzene rings is 1. The molecule has 0 spiro atoms. The van der Waals surface area contributed by atoms with Crippen LogP contribution in [0, 0.1) is 0 Å². The monoisotopic (exact) mass is 282 g/mol. The van der Waals surface area contributed by atoms with Gasteiger partial charge in [-0.1, -0.05) is 17.7 Å². The van der Waals surface area contributed by atoms with Gasteiger partial charge < -0.3 is 14.9 Å². The van der Waals surface area contributed by atoms with Gasteiger partial charge in [-0.3, -0.25) is 0 Å². The van der Waals surface area contributed by atoms with Crippen molar-refractivity contribution in [2.45, 2.75) is 31.9 Å². The third-order valence-electron chi connectivity index (χ3n) is 4.07. The van der Waals surface area contributed by atoms with Crippen molar-refractivity contribution < 1.29 is 5.11 Å². The van der Waals surface area contributed by atoms with Gasteiger partial charge >= 0.3 is 0 Å². The molecule has 1 heterocycles. The topological polar surface area (TPSA) is 26.7 Å². The van der Waals surface area contributed by atoms with Crippen molar-refractivity contribution >= 4 is 17.3 Å². The number of piperidine rings is 1. The average molecular weight is 283 g/mol. The molecule has 0 radical (unpaired) electrons. The first kappa shape index (κ1) is 14.6. The number of likely N-dealkylation sites (tertiary alicyclic amines) is 1. The third kappa shape index (κ3) is 3.41. The van der Waals surface area contributed by atoms with Crippen LogP contribution in [0.15, 0.2) is 18.2 Å². The molecule has 1 aliphatic heterocycles. The van der Waals surface area contributed by atoms with Gasteiger partial charge in [0.05, 0.1) is 16.8 Å². The molecule has 19 heavy (non-hydrogen) atoms. The van der Waals surface area contributed by atoms with Gasteiger partial charge in [-0.25, -0.2) is 0 Å². The Morgan fingerprint density at radius 1 is 1.37 bits per heavy atom. The molecule has 4 heteroatoms. The van der Waals surface area contributed by atoms with E-state index in [9.17, 15) is 5.11 Å². The Bertz CT molecular complexity index is 428. The Morgan fingerprint density at radius 2 is 2.00 bits per heavy atom. The van der Waals surface area contributed by atoms with Crippen molar-refractivity contribution in [1.82, 2.24) is 4.90 Å². The second-order valence-corrected chi connectivity index (χ2v) is 5.94. The molecule has 1 aromatic rings. The SMILES string of the molecule is C[C@@H](O)c1ccc(N(C)C2CCN(C)CC2)c(Cl)c1. The summed E-state index contributed by atoms with van der Waals surface area (Å²) in [6.45, 7) is 4.03. The van der Waals surface area contributed by atoms with Crippen molar-refractivity contribution in [2.75, 3.05) is 32.1 Å². The molecule has 1 atom stereocenters. The predicted molar refractivity (Wildman–Crippen MR) is 81.0 cm³/mol. The van der Waals surface area contributed by atoms with Crippen LogP contribution in [0.3, 0.4) is 0 Å². The summed E-state index contributed by atoms with van der Waals surface area (Å²) in [5, 5.41) is 10.3. The number of hydrogen-bond acceptors (Lipinski definition) is 3. The van der Waals surface area contributed by atoms with E-state index in [1.807, 2.05) is 18.2 Å². The highest BCUT2D eigenvalue weighted by molar-refractivity contribution is 6.33. The maximum absolute atomic E-state index is 9.58. The molecule has 3 nitrogen and oxygen atoms in total. The molecule has 0 aliphatic carbocycles. The minimum absolute atomic E-state index is 0.472. The summed E-state index contributed by atoms with van der Waals surface area (Å²) in [6, 6.07) is 6.39. The highest BCUT2D eigenvalue weighted by Crippen LogP contribution is 2.31. The smallest absolute Gasteiger partial charge is 0.0762 e. The summed E-state index contributed by atoms with van der Waals surface area (Å²) in [7, 11) is 4.28. The van der Waals surface area contributed by atoms with Crippen molar-refractivity contribution in [3.63, 3.8) is 0 Å². The average Bonchev–Trinajstić information content (AvgIpc) is 2.38. The van der Waals surface area contributed by atoms with Crippen LogP contribution in [0.1, 0.15) is 31.4 Å². The second kappa shape index (κ2) is 6.12. The van der Waals surface area contributed by atoms with Crippen LogP contribution in [0.4, 0.5) is 5.69 Å². The molecule has 2 rings (SSSR count). The molecule has 0 unspecified atom stereocenters.